The Bertz CT molecular complexity index is 3110. The van der Waals surface area contributed by atoms with Crippen LogP contribution in [0.2, 0.25) is 26.2 Å². The van der Waals surface area contributed by atoms with Crippen LogP contribution in [0, 0.1) is 83.1 Å². The molecule has 4 fully saturated rings. The fourth-order valence-electron chi connectivity index (χ4n) is 15.8. The van der Waals surface area contributed by atoms with Crippen molar-refractivity contribution in [3.63, 3.8) is 0 Å². The number of rotatable bonds is 4. The van der Waals surface area contributed by atoms with Crippen molar-refractivity contribution in [3.8, 4) is 0 Å². The van der Waals surface area contributed by atoms with Crippen molar-refractivity contribution < 1.29 is 71.5 Å². The zero-order valence-electron chi connectivity index (χ0n) is 57.8. The van der Waals surface area contributed by atoms with Crippen LogP contribution < -0.4 is 24.8 Å². The predicted molar refractivity (Wildman–Crippen MR) is 372 cm³/mol. The van der Waals surface area contributed by atoms with Crippen molar-refractivity contribution >= 4 is 54.0 Å². The van der Waals surface area contributed by atoms with Crippen molar-refractivity contribution in [1.29, 1.82) is 0 Å². The molecule has 464 valence electrons. The van der Waals surface area contributed by atoms with Gasteiger partial charge in [0.2, 0.25) is 0 Å². The Kier molecular flexibility index (Phi) is 27.9. The Morgan fingerprint density at radius 2 is 0.442 bits per heavy atom. The van der Waals surface area contributed by atoms with E-state index >= 15 is 0 Å². The van der Waals surface area contributed by atoms with Gasteiger partial charge in [-0.3, -0.25) is 0 Å². The first-order valence-electron chi connectivity index (χ1n) is 33.3. The average molecular weight is 1380 g/mol. The van der Waals surface area contributed by atoms with Crippen LogP contribution in [0.1, 0.15) is 245 Å². The molecule has 12 rings (SSSR count). The molecule has 4 saturated carbocycles. The average Bonchev–Trinajstić information content (AvgIpc) is 1.86. The summed E-state index contributed by atoms with van der Waals surface area (Å²) in [5.41, 5.74) is 26.0. The Balaban J connectivity index is 0.000000199. The summed E-state index contributed by atoms with van der Waals surface area (Å²) in [6, 6.07) is 28.5. The van der Waals surface area contributed by atoms with Crippen LogP contribution in [-0.2, 0) is 68.3 Å². The van der Waals surface area contributed by atoms with E-state index in [9.17, 15) is 0 Å². The molecule has 8 aromatic rings. The van der Waals surface area contributed by atoms with E-state index < -0.39 is 0 Å². The van der Waals surface area contributed by atoms with Crippen molar-refractivity contribution in [2.45, 2.75) is 287 Å². The number of hydrogen-bond donors (Lipinski definition) is 0. The maximum atomic E-state index is 2.48. The maximum absolute atomic E-state index is 2.48. The van der Waals surface area contributed by atoms with E-state index in [2.05, 4.69) is 210 Å². The van der Waals surface area contributed by atoms with Gasteiger partial charge in [-0.05, 0) is 73.0 Å². The molecule has 0 heterocycles. The number of fused-ring (bicyclic) bond motifs is 4. The first-order valence-corrected chi connectivity index (χ1v) is 45.7. The van der Waals surface area contributed by atoms with Crippen LogP contribution in [0.5, 0.6) is 0 Å². The summed E-state index contributed by atoms with van der Waals surface area (Å²) in [6.07, 6.45) is 27.7. The molecule has 4 aliphatic carbocycles. The van der Waals surface area contributed by atoms with Crippen LogP contribution in [0.3, 0.4) is 0 Å². The first kappa shape index (κ1) is 74.8. The van der Waals surface area contributed by atoms with Gasteiger partial charge in [0, 0.05) is 0 Å². The molecule has 0 saturated heterocycles. The summed E-state index contributed by atoms with van der Waals surface area (Å²) in [6.45, 7) is 46.3. The van der Waals surface area contributed by atoms with E-state index in [1.165, 1.54) is 217 Å². The summed E-state index contributed by atoms with van der Waals surface area (Å²) >= 11 is 3.48. The van der Waals surface area contributed by atoms with E-state index in [4.69, 9.17) is 0 Å². The Labute approximate surface area is 568 Å². The zero-order chi connectivity index (χ0) is 61.6. The SMILES string of the molecule is C[Si](C)=[Zr+2].C[Si](C)=[Zr+2].Cc1[cH-]c2c(C)ccc(C3(C)CCCCC3)c2c1C.Cc1[cH-]c2c(C)ccc(C3(C)CCCCC3)c2c1C.Cc1[cH-]c2c(C)ccc(C3(C)CCCCC3)c2c1C.Cc1[cH-]c2c(C)ccc(C3(C)CCCCC3)c2c1C.[Cl-].[Cl-]. The number of hydrogen-bond acceptors (Lipinski definition) is 0. The molecule has 0 amide bonds. The smallest absolute Gasteiger partial charge is 0.0164 e. The van der Waals surface area contributed by atoms with E-state index in [1.807, 2.05) is 0 Å². The van der Waals surface area contributed by atoms with Gasteiger partial charge in [0.1, 0.15) is 0 Å². The molecule has 0 radical (unpaired) electrons. The molecular weight excluding hydrogens is 1270 g/mol. The van der Waals surface area contributed by atoms with Crippen molar-refractivity contribution in [2.24, 2.45) is 0 Å². The summed E-state index contributed by atoms with van der Waals surface area (Å²) < 4.78 is 0. The Morgan fingerprint density at radius 1 is 0.291 bits per heavy atom. The van der Waals surface area contributed by atoms with Gasteiger partial charge in [-0.2, -0.15) is 22.3 Å². The van der Waals surface area contributed by atoms with Crippen molar-refractivity contribution in [3.05, 3.63) is 162 Å². The Morgan fingerprint density at radius 3 is 0.593 bits per heavy atom. The van der Waals surface area contributed by atoms with Gasteiger partial charge >= 0.3 is 83.7 Å². The maximum Gasteiger partial charge on any atom is -0.0164 e. The number of benzene rings is 4. The molecule has 6 heteroatoms. The molecule has 0 spiro atoms. The third-order valence-electron chi connectivity index (χ3n) is 21.6. The molecule has 8 aromatic carbocycles. The second kappa shape index (κ2) is 32.1. The minimum atomic E-state index is 0. The molecule has 0 unspecified atom stereocenters. The molecule has 0 atom stereocenters. The third kappa shape index (κ3) is 17.0. The molecule has 86 heavy (non-hydrogen) atoms. The monoisotopic (exact) mass is 1380 g/mol. The van der Waals surface area contributed by atoms with Crippen LogP contribution in [0.25, 0.3) is 43.1 Å². The fraction of sp³-hybridized carbons (Fsp3) is 0.550. The van der Waals surface area contributed by atoms with Crippen LogP contribution in [-0.4, -0.2) is 10.9 Å². The van der Waals surface area contributed by atoms with E-state index in [0.29, 0.717) is 21.7 Å². The van der Waals surface area contributed by atoms with Gasteiger partial charge in [-0.15, -0.1) is 136 Å². The first-order chi connectivity index (χ1) is 39.6. The molecule has 0 aromatic heterocycles. The fourth-order valence-corrected chi connectivity index (χ4v) is 15.8. The molecule has 0 aliphatic heterocycles. The van der Waals surface area contributed by atoms with E-state index in [-0.39, 0.29) is 35.7 Å². The number of halogens is 2. The van der Waals surface area contributed by atoms with Crippen LogP contribution in [0.15, 0.2) is 72.8 Å². The van der Waals surface area contributed by atoms with Crippen molar-refractivity contribution in [2.75, 3.05) is 0 Å². The van der Waals surface area contributed by atoms with Gasteiger partial charge in [0.05, 0.1) is 0 Å². The molecule has 0 N–H and O–H groups in total. The van der Waals surface area contributed by atoms with E-state index in [0.717, 1.165) is 0 Å². The van der Waals surface area contributed by atoms with Gasteiger partial charge in [0.25, 0.3) is 0 Å². The minimum absolute atomic E-state index is 0. The van der Waals surface area contributed by atoms with Crippen LogP contribution >= 0.6 is 0 Å². The van der Waals surface area contributed by atoms with Crippen molar-refractivity contribution in [1.82, 2.24) is 0 Å². The third-order valence-corrected chi connectivity index (χ3v) is 21.6. The molecule has 0 bridgehead atoms. The second-order valence-corrected chi connectivity index (χ2v) is 47.9. The topological polar surface area (TPSA) is 0 Å². The zero-order valence-corrected chi connectivity index (χ0v) is 66.3. The molecule has 0 nitrogen and oxygen atoms in total. The summed E-state index contributed by atoms with van der Waals surface area (Å²) in [4.78, 5) is 0. The largest absolute Gasteiger partial charge is 1.00 e. The summed E-state index contributed by atoms with van der Waals surface area (Å²) in [7, 11) is 0. The normalized spacial score (nSPS) is 17.4. The van der Waals surface area contributed by atoms with Gasteiger partial charge < -0.3 is 24.8 Å². The second-order valence-electron chi connectivity index (χ2n) is 29.2. The predicted octanol–water partition coefficient (Wildman–Crippen LogP) is 18.4. The van der Waals surface area contributed by atoms with Gasteiger partial charge in [-0.1, -0.05) is 234 Å². The minimum Gasteiger partial charge on any atom is -1.00 e. The molecule has 4 aliphatic rings. The summed E-state index contributed by atoms with van der Waals surface area (Å²) in [5, 5.41) is 12.2. The summed E-state index contributed by atoms with van der Waals surface area (Å²) in [5.74, 6) is 0. The number of aryl methyl sites for hydroxylation is 12. The van der Waals surface area contributed by atoms with Gasteiger partial charge in [0.15, 0.2) is 0 Å². The quantitative estimate of drug-likeness (QED) is 0.122. The standard InChI is InChI=1S/4C19H25.2C2H6Si.2ClH.2Zr/c4*1-13-8-9-17(19(4)10-6-5-7-11-19)18-15(3)14(2)12-16(13)18;2*1-3-2;;;;/h4*8-9,12H,5-7,10-11H2,1-4H3;2*1-2H3;2*1H;;/q4*-1;;;;;2*+2/p-2. The molecular formula is C80H112Cl2Si2Zr2-2. The van der Waals surface area contributed by atoms with Crippen LogP contribution in [0.4, 0.5) is 0 Å². The van der Waals surface area contributed by atoms with E-state index in [1.54, 1.807) is 90.5 Å². The Hall–Kier alpha value is -1.90. The van der Waals surface area contributed by atoms with Gasteiger partial charge in [-0.25, -0.2) is 0 Å².